The third kappa shape index (κ3) is 3.62. The lowest BCUT2D eigenvalue weighted by atomic mass is 9.81. The van der Waals surface area contributed by atoms with Gasteiger partial charge < -0.3 is 14.4 Å². The minimum absolute atomic E-state index is 0.191. The largest absolute Gasteiger partial charge is 0.444 e. The quantitative estimate of drug-likeness (QED) is 0.688. The molecule has 2 aliphatic heterocycles. The van der Waals surface area contributed by atoms with Crippen LogP contribution in [0.4, 0.5) is 4.79 Å². The maximum Gasteiger partial charge on any atom is 0.410 e. The molecule has 1 aromatic rings. The Morgan fingerprint density at radius 3 is 2.76 bits per heavy atom. The lowest BCUT2D eigenvalue weighted by Crippen LogP contribution is -2.43. The Hall–Kier alpha value is -1.74. The van der Waals surface area contributed by atoms with Gasteiger partial charge in [-0.2, -0.15) is 0 Å². The number of carbonyl (C=O) groups is 1. The van der Waals surface area contributed by atoms with E-state index in [9.17, 15) is 13.2 Å². The van der Waals surface area contributed by atoms with Crippen LogP contribution in [-0.4, -0.2) is 60.9 Å². The highest BCUT2D eigenvalue weighted by atomic mass is 32.2. The third-order valence-corrected chi connectivity index (χ3v) is 5.18. The van der Waals surface area contributed by atoms with Gasteiger partial charge in [0.2, 0.25) is 15.0 Å². The highest BCUT2D eigenvalue weighted by Gasteiger charge is 2.47. The molecular formula is C16H23N3O5S. The van der Waals surface area contributed by atoms with Crippen molar-refractivity contribution in [3.05, 3.63) is 17.5 Å². The Balaban J connectivity index is 1.91. The second-order valence-electron chi connectivity index (χ2n) is 7.72. The second kappa shape index (κ2) is 5.91. The molecule has 3 heterocycles. The van der Waals surface area contributed by atoms with E-state index in [1.54, 1.807) is 4.90 Å². The minimum atomic E-state index is -3.50. The SMILES string of the molecule is CC(C)(C)OC(=O)N1CCC2(COCc3cnc(S(C)(=O)=O)nc32)C1. The fourth-order valence-corrected chi connectivity index (χ4v) is 3.73. The molecule has 25 heavy (non-hydrogen) atoms. The zero-order valence-corrected chi connectivity index (χ0v) is 15.7. The van der Waals surface area contributed by atoms with E-state index in [0.717, 1.165) is 11.8 Å². The number of aromatic nitrogens is 2. The van der Waals surface area contributed by atoms with Gasteiger partial charge in [0.25, 0.3) is 0 Å². The molecule has 0 aliphatic carbocycles. The van der Waals surface area contributed by atoms with Gasteiger partial charge in [-0.05, 0) is 27.2 Å². The molecule has 0 saturated carbocycles. The number of nitrogens with zero attached hydrogens (tertiary/aromatic N) is 3. The number of hydrogen-bond acceptors (Lipinski definition) is 7. The average Bonchev–Trinajstić information content (AvgIpc) is 2.90. The van der Waals surface area contributed by atoms with E-state index in [1.807, 2.05) is 20.8 Å². The van der Waals surface area contributed by atoms with E-state index in [4.69, 9.17) is 9.47 Å². The van der Waals surface area contributed by atoms with Crippen molar-refractivity contribution >= 4 is 15.9 Å². The van der Waals surface area contributed by atoms with Crippen molar-refractivity contribution < 1.29 is 22.7 Å². The zero-order chi connectivity index (χ0) is 18.5. The summed E-state index contributed by atoms with van der Waals surface area (Å²) in [6, 6.07) is 0. The molecule has 0 radical (unpaired) electrons. The van der Waals surface area contributed by atoms with Gasteiger partial charge in [-0.15, -0.1) is 0 Å². The van der Waals surface area contributed by atoms with E-state index in [0.29, 0.717) is 38.4 Å². The van der Waals surface area contributed by atoms with Crippen LogP contribution in [0.3, 0.4) is 0 Å². The Morgan fingerprint density at radius 1 is 1.40 bits per heavy atom. The molecular weight excluding hydrogens is 346 g/mol. The summed E-state index contributed by atoms with van der Waals surface area (Å²) >= 11 is 0. The minimum Gasteiger partial charge on any atom is -0.444 e. The van der Waals surface area contributed by atoms with Crippen LogP contribution in [0, 0.1) is 0 Å². The molecule has 0 bridgehead atoms. The highest BCUT2D eigenvalue weighted by Crippen LogP contribution is 2.39. The number of rotatable bonds is 1. The number of sulfone groups is 1. The van der Waals surface area contributed by atoms with E-state index in [2.05, 4.69) is 9.97 Å². The predicted octanol–water partition coefficient (Wildman–Crippen LogP) is 1.29. The number of amides is 1. The van der Waals surface area contributed by atoms with Crippen LogP contribution < -0.4 is 0 Å². The normalized spacial score (nSPS) is 23.6. The van der Waals surface area contributed by atoms with Gasteiger partial charge in [0.15, 0.2) is 0 Å². The molecule has 0 aromatic carbocycles. The highest BCUT2D eigenvalue weighted by molar-refractivity contribution is 7.90. The first-order valence-electron chi connectivity index (χ1n) is 8.12. The van der Waals surface area contributed by atoms with Gasteiger partial charge in [0.1, 0.15) is 5.60 Å². The summed E-state index contributed by atoms with van der Waals surface area (Å²) in [5.41, 5.74) is 0.344. The fourth-order valence-electron chi connectivity index (χ4n) is 3.22. The lowest BCUT2D eigenvalue weighted by molar-refractivity contribution is 0.0223. The van der Waals surface area contributed by atoms with Gasteiger partial charge in [-0.1, -0.05) is 0 Å². The Bertz CT molecular complexity index is 802. The van der Waals surface area contributed by atoms with Crippen LogP contribution in [0.1, 0.15) is 38.4 Å². The van der Waals surface area contributed by atoms with Crippen molar-refractivity contribution in [3.63, 3.8) is 0 Å². The Morgan fingerprint density at radius 2 is 2.12 bits per heavy atom. The molecule has 3 rings (SSSR count). The number of carbonyl (C=O) groups excluding carboxylic acids is 1. The summed E-state index contributed by atoms with van der Waals surface area (Å²) in [5.74, 6) is 0. The van der Waals surface area contributed by atoms with Crippen LogP contribution in [0.25, 0.3) is 0 Å². The molecule has 1 unspecified atom stereocenters. The first-order valence-corrected chi connectivity index (χ1v) is 10.0. The van der Waals surface area contributed by atoms with Crippen molar-refractivity contribution in [1.29, 1.82) is 0 Å². The van der Waals surface area contributed by atoms with Crippen LogP contribution in [-0.2, 0) is 31.3 Å². The maximum absolute atomic E-state index is 12.4. The van der Waals surface area contributed by atoms with Crippen molar-refractivity contribution in [2.45, 2.75) is 50.0 Å². The lowest BCUT2D eigenvalue weighted by Gasteiger charge is -2.34. The van der Waals surface area contributed by atoms with Crippen molar-refractivity contribution in [3.8, 4) is 0 Å². The number of fused-ring (bicyclic) bond motifs is 2. The average molecular weight is 369 g/mol. The molecule has 1 fully saturated rings. The third-order valence-electron chi connectivity index (χ3n) is 4.32. The van der Waals surface area contributed by atoms with Crippen molar-refractivity contribution in [2.75, 3.05) is 26.0 Å². The van der Waals surface area contributed by atoms with Crippen molar-refractivity contribution in [1.82, 2.24) is 14.9 Å². The van der Waals surface area contributed by atoms with Gasteiger partial charge in [-0.25, -0.2) is 23.2 Å². The summed E-state index contributed by atoms with van der Waals surface area (Å²) in [7, 11) is -3.50. The summed E-state index contributed by atoms with van der Waals surface area (Å²) in [5, 5.41) is -0.191. The van der Waals surface area contributed by atoms with Crippen LogP contribution in [0.5, 0.6) is 0 Å². The maximum atomic E-state index is 12.4. The van der Waals surface area contributed by atoms with Crippen LogP contribution in [0.15, 0.2) is 11.4 Å². The van der Waals surface area contributed by atoms with Gasteiger partial charge in [0, 0.05) is 31.1 Å². The van der Waals surface area contributed by atoms with E-state index in [-0.39, 0.29) is 11.2 Å². The van der Waals surface area contributed by atoms with E-state index in [1.165, 1.54) is 6.20 Å². The summed E-state index contributed by atoms with van der Waals surface area (Å²) in [6.45, 7) is 7.09. The molecule has 8 nitrogen and oxygen atoms in total. The monoisotopic (exact) mass is 369 g/mol. The topological polar surface area (TPSA) is 98.7 Å². The fraction of sp³-hybridized carbons (Fsp3) is 0.688. The van der Waals surface area contributed by atoms with E-state index >= 15 is 0 Å². The summed E-state index contributed by atoms with van der Waals surface area (Å²) < 4.78 is 34.7. The van der Waals surface area contributed by atoms with Gasteiger partial charge in [0.05, 0.1) is 24.3 Å². The molecule has 0 N–H and O–H groups in total. The first-order chi connectivity index (χ1) is 11.5. The smallest absolute Gasteiger partial charge is 0.410 e. The van der Waals surface area contributed by atoms with Gasteiger partial charge >= 0.3 is 6.09 Å². The molecule has 2 aliphatic rings. The number of ether oxygens (including phenoxy) is 2. The number of likely N-dealkylation sites (tertiary alicyclic amines) is 1. The van der Waals surface area contributed by atoms with Crippen molar-refractivity contribution in [2.24, 2.45) is 0 Å². The molecule has 9 heteroatoms. The predicted molar refractivity (Wildman–Crippen MR) is 88.9 cm³/mol. The van der Waals surface area contributed by atoms with Gasteiger partial charge in [-0.3, -0.25) is 0 Å². The molecule has 1 spiro atoms. The summed E-state index contributed by atoms with van der Waals surface area (Å²) in [4.78, 5) is 22.3. The second-order valence-corrected chi connectivity index (χ2v) is 9.63. The van der Waals surface area contributed by atoms with Crippen LogP contribution >= 0.6 is 0 Å². The molecule has 1 amide bonds. The molecule has 1 saturated heterocycles. The standard InChI is InChI=1S/C16H23N3O5S/c1-15(2,3)24-14(20)19-6-5-16(9-19)10-23-8-11-7-17-13(18-12(11)16)25(4,21)22/h7H,5-6,8-10H2,1-4H3. The Labute approximate surface area is 147 Å². The summed E-state index contributed by atoms with van der Waals surface area (Å²) in [6.07, 6.45) is 2.85. The molecule has 1 atom stereocenters. The first kappa shape index (κ1) is 18.1. The Kier molecular flexibility index (Phi) is 4.27. The zero-order valence-electron chi connectivity index (χ0n) is 14.9. The molecule has 138 valence electrons. The van der Waals surface area contributed by atoms with E-state index < -0.39 is 20.9 Å². The number of hydrogen-bond donors (Lipinski definition) is 0. The van der Waals surface area contributed by atoms with Crippen LogP contribution in [0.2, 0.25) is 0 Å². The molecule has 1 aromatic heterocycles.